The maximum atomic E-state index is 13.1. The molecule has 7 heteroatoms. The molecule has 0 radical (unpaired) electrons. The van der Waals surface area contributed by atoms with Crippen LogP contribution in [0.25, 0.3) is 0 Å². The van der Waals surface area contributed by atoms with E-state index in [0.717, 1.165) is 76.5 Å². The Morgan fingerprint density at radius 3 is 2.42 bits per heavy atom. The van der Waals surface area contributed by atoms with Gasteiger partial charge in [0.15, 0.2) is 11.5 Å². The molecular weight excluding hydrogens is 418 g/mol. The van der Waals surface area contributed by atoms with Crippen LogP contribution in [0.4, 0.5) is 0 Å². The van der Waals surface area contributed by atoms with Gasteiger partial charge >= 0.3 is 0 Å². The standard InChI is InChI=1S/C26H37N3O4/c1-25(2)20-8-9-26(25,3)24(31)29(23(20)30)11-5-4-10-27-12-14-28(15-13-27)17-19-6-7-21-22(16-19)33-18-32-21/h6-7,16,20H,4-5,8-15,17-18H2,1-3H3/t20-,26+/m0/s1. The molecular formula is C26H37N3O4. The lowest BCUT2D eigenvalue weighted by Crippen LogP contribution is -2.59. The Labute approximate surface area is 197 Å². The number of carbonyl (C=O) groups excluding carboxylic acids is 2. The quantitative estimate of drug-likeness (QED) is 0.465. The summed E-state index contributed by atoms with van der Waals surface area (Å²) in [6.45, 7) is 13.3. The van der Waals surface area contributed by atoms with Crippen LogP contribution in [0.3, 0.4) is 0 Å². The largest absolute Gasteiger partial charge is 0.454 e. The third-order valence-corrected chi connectivity index (χ3v) is 8.92. The Bertz CT molecular complexity index is 924. The van der Waals surface area contributed by atoms with Crippen molar-refractivity contribution in [3.63, 3.8) is 0 Å². The third kappa shape index (κ3) is 3.93. The molecule has 2 bridgehead atoms. The van der Waals surface area contributed by atoms with E-state index in [2.05, 4.69) is 42.7 Å². The molecule has 0 spiro atoms. The average Bonchev–Trinajstić information content (AvgIpc) is 3.33. The zero-order chi connectivity index (χ0) is 23.2. The first-order valence-corrected chi connectivity index (χ1v) is 12.5. The van der Waals surface area contributed by atoms with E-state index in [0.29, 0.717) is 13.3 Å². The van der Waals surface area contributed by atoms with Crippen molar-refractivity contribution in [3.05, 3.63) is 23.8 Å². The zero-order valence-corrected chi connectivity index (χ0v) is 20.3. The monoisotopic (exact) mass is 455 g/mol. The average molecular weight is 456 g/mol. The summed E-state index contributed by atoms with van der Waals surface area (Å²) in [4.78, 5) is 32.7. The number of hydrogen-bond donors (Lipinski definition) is 0. The fourth-order valence-electron chi connectivity index (χ4n) is 6.19. The second-order valence-corrected chi connectivity index (χ2v) is 11.0. The number of hydrogen-bond acceptors (Lipinski definition) is 6. The molecule has 2 atom stereocenters. The molecule has 0 N–H and O–H groups in total. The Kier molecular flexibility index (Phi) is 5.90. The van der Waals surface area contributed by atoms with Gasteiger partial charge < -0.3 is 14.4 Å². The number of imide groups is 1. The summed E-state index contributed by atoms with van der Waals surface area (Å²) in [6, 6.07) is 6.21. The molecule has 180 valence electrons. The molecule has 7 nitrogen and oxygen atoms in total. The first kappa shape index (κ1) is 22.7. The van der Waals surface area contributed by atoms with E-state index in [1.807, 2.05) is 6.07 Å². The minimum absolute atomic E-state index is 0.00182. The molecule has 33 heavy (non-hydrogen) atoms. The van der Waals surface area contributed by atoms with Crippen LogP contribution in [0.5, 0.6) is 11.5 Å². The molecule has 2 saturated heterocycles. The van der Waals surface area contributed by atoms with Crippen LogP contribution in [-0.4, -0.2) is 72.6 Å². The van der Waals surface area contributed by atoms with E-state index < -0.39 is 0 Å². The summed E-state index contributed by atoms with van der Waals surface area (Å²) in [5, 5.41) is 0. The minimum atomic E-state index is -0.389. The number of carbonyl (C=O) groups is 2. The predicted octanol–water partition coefficient (Wildman–Crippen LogP) is 3.12. The smallest absolute Gasteiger partial charge is 0.235 e. The molecule has 3 fully saturated rings. The summed E-state index contributed by atoms with van der Waals surface area (Å²) < 4.78 is 10.9. The molecule has 4 aliphatic rings. The van der Waals surface area contributed by atoms with Crippen molar-refractivity contribution in [2.75, 3.05) is 46.1 Å². The number of piperazine rings is 1. The van der Waals surface area contributed by atoms with Crippen LogP contribution >= 0.6 is 0 Å². The first-order chi connectivity index (χ1) is 15.8. The second-order valence-electron chi connectivity index (χ2n) is 11.0. The van der Waals surface area contributed by atoms with Crippen molar-refractivity contribution in [2.45, 2.75) is 53.0 Å². The number of rotatable bonds is 7. The number of nitrogens with zero attached hydrogens (tertiary/aromatic N) is 3. The topological polar surface area (TPSA) is 62.3 Å². The Balaban J connectivity index is 1.04. The first-order valence-electron chi connectivity index (χ1n) is 12.5. The lowest BCUT2D eigenvalue weighted by molar-refractivity contribution is -0.167. The lowest BCUT2D eigenvalue weighted by Gasteiger charge is -2.47. The van der Waals surface area contributed by atoms with Crippen LogP contribution in [0, 0.1) is 16.7 Å². The molecule has 1 aromatic carbocycles. The minimum Gasteiger partial charge on any atom is -0.454 e. The third-order valence-electron chi connectivity index (χ3n) is 8.92. The molecule has 2 amide bonds. The van der Waals surface area contributed by atoms with Gasteiger partial charge in [-0.25, -0.2) is 0 Å². The van der Waals surface area contributed by atoms with Crippen molar-refractivity contribution in [2.24, 2.45) is 16.7 Å². The summed E-state index contributed by atoms with van der Waals surface area (Å²) in [6.07, 6.45) is 3.59. The van der Waals surface area contributed by atoms with Crippen molar-refractivity contribution >= 4 is 11.8 Å². The van der Waals surface area contributed by atoms with E-state index in [9.17, 15) is 9.59 Å². The van der Waals surface area contributed by atoms with E-state index >= 15 is 0 Å². The van der Waals surface area contributed by atoms with Gasteiger partial charge in [-0.05, 0) is 55.3 Å². The molecule has 1 aromatic rings. The maximum Gasteiger partial charge on any atom is 0.235 e. The lowest BCUT2D eigenvalue weighted by atomic mass is 9.62. The predicted molar refractivity (Wildman–Crippen MR) is 125 cm³/mol. The number of benzene rings is 1. The Hall–Kier alpha value is -2.12. The Morgan fingerprint density at radius 2 is 1.64 bits per heavy atom. The Morgan fingerprint density at radius 1 is 0.939 bits per heavy atom. The number of unbranched alkanes of at least 4 members (excludes halogenated alkanes) is 1. The number of likely N-dealkylation sites (tertiary alicyclic amines) is 1. The number of amides is 2. The molecule has 1 saturated carbocycles. The van der Waals surface area contributed by atoms with Gasteiger partial charge in [0, 0.05) is 45.2 Å². The molecule has 3 heterocycles. The fraction of sp³-hybridized carbons (Fsp3) is 0.692. The van der Waals surface area contributed by atoms with Crippen LogP contribution in [0.1, 0.15) is 52.0 Å². The SMILES string of the molecule is CC1(C)[C@H]2CC[C@]1(C)C(=O)N(CCCCN1CCN(Cc3ccc4c(c3)OCO4)CC1)C2=O. The highest BCUT2D eigenvalue weighted by molar-refractivity contribution is 6.03. The molecule has 3 aliphatic heterocycles. The van der Waals surface area contributed by atoms with Crippen molar-refractivity contribution in [1.29, 1.82) is 0 Å². The van der Waals surface area contributed by atoms with Gasteiger partial charge in [-0.1, -0.05) is 26.8 Å². The number of ether oxygens (including phenoxy) is 2. The van der Waals surface area contributed by atoms with Gasteiger partial charge in [-0.2, -0.15) is 0 Å². The van der Waals surface area contributed by atoms with E-state index in [1.165, 1.54) is 5.56 Å². The van der Waals surface area contributed by atoms with Gasteiger partial charge in [0.25, 0.3) is 0 Å². The van der Waals surface area contributed by atoms with E-state index in [-0.39, 0.29) is 28.6 Å². The summed E-state index contributed by atoms with van der Waals surface area (Å²) in [5.41, 5.74) is 0.645. The zero-order valence-electron chi connectivity index (χ0n) is 20.3. The van der Waals surface area contributed by atoms with Gasteiger partial charge in [0.2, 0.25) is 18.6 Å². The second kappa shape index (κ2) is 8.58. The van der Waals surface area contributed by atoms with Gasteiger partial charge in [-0.3, -0.25) is 19.4 Å². The van der Waals surface area contributed by atoms with Crippen molar-refractivity contribution in [3.8, 4) is 11.5 Å². The summed E-state index contributed by atoms with van der Waals surface area (Å²) in [5.74, 6) is 1.81. The van der Waals surface area contributed by atoms with E-state index in [4.69, 9.17) is 9.47 Å². The van der Waals surface area contributed by atoms with E-state index in [1.54, 1.807) is 4.90 Å². The van der Waals surface area contributed by atoms with Crippen LogP contribution in [0.2, 0.25) is 0 Å². The van der Waals surface area contributed by atoms with Crippen LogP contribution in [0.15, 0.2) is 18.2 Å². The fourth-order valence-corrected chi connectivity index (χ4v) is 6.19. The highest BCUT2D eigenvalue weighted by atomic mass is 16.7. The maximum absolute atomic E-state index is 13.1. The van der Waals surface area contributed by atoms with Crippen molar-refractivity contribution < 1.29 is 19.1 Å². The number of fused-ring (bicyclic) bond motifs is 3. The summed E-state index contributed by atoms with van der Waals surface area (Å²) in [7, 11) is 0. The number of piperidine rings is 1. The van der Waals surface area contributed by atoms with Gasteiger partial charge in [-0.15, -0.1) is 0 Å². The molecule has 0 aromatic heterocycles. The molecule has 5 rings (SSSR count). The van der Waals surface area contributed by atoms with Crippen LogP contribution < -0.4 is 9.47 Å². The highest BCUT2D eigenvalue weighted by Crippen LogP contribution is 2.60. The highest BCUT2D eigenvalue weighted by Gasteiger charge is 2.64. The van der Waals surface area contributed by atoms with Crippen molar-refractivity contribution in [1.82, 2.24) is 14.7 Å². The normalized spacial score (nSPS) is 29.2. The van der Waals surface area contributed by atoms with Gasteiger partial charge in [0.05, 0.1) is 5.41 Å². The van der Waals surface area contributed by atoms with Gasteiger partial charge in [0.1, 0.15) is 0 Å². The molecule has 0 unspecified atom stereocenters. The summed E-state index contributed by atoms with van der Waals surface area (Å²) >= 11 is 0. The van der Waals surface area contributed by atoms with Crippen LogP contribution in [-0.2, 0) is 16.1 Å². The molecule has 1 aliphatic carbocycles.